The van der Waals surface area contributed by atoms with Crippen molar-refractivity contribution in [2.24, 2.45) is 0 Å². The van der Waals surface area contributed by atoms with E-state index in [1.54, 1.807) is 48.5 Å². The highest BCUT2D eigenvalue weighted by atomic mass is 32.2. The van der Waals surface area contributed by atoms with Crippen LogP contribution in [0.15, 0.2) is 53.4 Å². The normalized spacial score (nSPS) is 16.6. The topological polar surface area (TPSA) is 79.0 Å². The number of piperidine rings is 1. The van der Waals surface area contributed by atoms with Gasteiger partial charge >= 0.3 is 0 Å². The van der Waals surface area contributed by atoms with Crippen molar-refractivity contribution in [1.29, 1.82) is 0 Å². The third kappa shape index (κ3) is 7.21. The largest absolute Gasteiger partial charge is 0.492 e. The average molecular weight is 502 g/mol. The molecule has 0 aliphatic carbocycles. The Labute approximate surface area is 210 Å². The molecule has 0 radical (unpaired) electrons. The molecule has 0 aromatic heterocycles. The van der Waals surface area contributed by atoms with Crippen LogP contribution in [0.25, 0.3) is 0 Å². The molecule has 1 saturated heterocycles. The van der Waals surface area contributed by atoms with E-state index in [-0.39, 0.29) is 17.3 Å². The minimum atomic E-state index is -3.98. The van der Waals surface area contributed by atoms with Gasteiger partial charge in [0.2, 0.25) is 5.91 Å². The molecule has 0 saturated carbocycles. The fourth-order valence-electron chi connectivity index (χ4n) is 4.59. The first-order chi connectivity index (χ1) is 16.9. The molecule has 1 unspecified atom stereocenters. The summed E-state index contributed by atoms with van der Waals surface area (Å²) in [6.45, 7) is 8.61. The molecule has 1 atom stereocenters. The van der Waals surface area contributed by atoms with Crippen LogP contribution in [0, 0.1) is 6.92 Å². The van der Waals surface area contributed by atoms with Gasteiger partial charge < -0.3 is 15.0 Å². The molecule has 1 heterocycles. The lowest BCUT2D eigenvalue weighted by Crippen LogP contribution is -2.43. The maximum Gasteiger partial charge on any atom is 0.264 e. The molecule has 1 amide bonds. The van der Waals surface area contributed by atoms with Gasteiger partial charge in [0.15, 0.2) is 0 Å². The van der Waals surface area contributed by atoms with Gasteiger partial charge in [0.25, 0.3) is 10.0 Å². The number of aryl methyl sites for hydroxylation is 1. The lowest BCUT2D eigenvalue weighted by atomic mass is 10.00. The number of hydrogen-bond acceptors (Lipinski definition) is 5. The number of nitrogens with zero attached hydrogens (tertiary/aromatic N) is 2. The van der Waals surface area contributed by atoms with Crippen molar-refractivity contribution >= 4 is 21.6 Å². The van der Waals surface area contributed by atoms with Crippen molar-refractivity contribution < 1.29 is 17.9 Å². The molecule has 35 heavy (non-hydrogen) atoms. The molecule has 0 bridgehead atoms. The van der Waals surface area contributed by atoms with Crippen molar-refractivity contribution in [2.45, 2.75) is 63.8 Å². The molecular formula is C27H39N3O4S. The first-order valence-corrected chi connectivity index (χ1v) is 14.1. The number of anilines is 1. The molecule has 1 aliphatic heterocycles. The van der Waals surface area contributed by atoms with E-state index in [9.17, 15) is 13.2 Å². The van der Waals surface area contributed by atoms with Gasteiger partial charge in [0.05, 0.1) is 17.2 Å². The lowest BCUT2D eigenvalue weighted by molar-refractivity contribution is -0.119. The van der Waals surface area contributed by atoms with Crippen LogP contribution >= 0.6 is 0 Å². The molecule has 3 rings (SSSR count). The highest BCUT2D eigenvalue weighted by Gasteiger charge is 2.29. The third-order valence-corrected chi connectivity index (χ3v) is 8.27. The summed E-state index contributed by atoms with van der Waals surface area (Å²) < 4.78 is 34.1. The molecule has 1 N–H and O–H groups in total. The van der Waals surface area contributed by atoms with Gasteiger partial charge in [-0.1, -0.05) is 43.2 Å². The number of ether oxygens (including phenoxy) is 1. The summed E-state index contributed by atoms with van der Waals surface area (Å²) in [7, 11) is -3.98. The number of carbonyl (C=O) groups excluding carboxylic acids is 1. The van der Waals surface area contributed by atoms with Crippen LogP contribution in [0.5, 0.6) is 5.75 Å². The second-order valence-corrected chi connectivity index (χ2v) is 10.9. The summed E-state index contributed by atoms with van der Waals surface area (Å²) in [4.78, 5) is 15.6. The molecule has 8 heteroatoms. The van der Waals surface area contributed by atoms with Gasteiger partial charge in [-0.15, -0.1) is 0 Å². The summed E-state index contributed by atoms with van der Waals surface area (Å²) in [6.07, 6.45) is 5.75. The third-order valence-electron chi connectivity index (χ3n) is 6.49. The Kier molecular flexibility index (Phi) is 9.98. The van der Waals surface area contributed by atoms with Crippen molar-refractivity contribution in [3.05, 3.63) is 54.1 Å². The number of hydrogen-bond donors (Lipinski definition) is 1. The molecule has 1 fully saturated rings. The zero-order valence-electron chi connectivity index (χ0n) is 21.2. The number of nitrogens with one attached hydrogen (secondary N) is 1. The Bertz CT molecular complexity index is 1060. The van der Waals surface area contributed by atoms with E-state index >= 15 is 0 Å². The van der Waals surface area contributed by atoms with E-state index in [1.165, 1.54) is 19.3 Å². The van der Waals surface area contributed by atoms with Crippen molar-refractivity contribution in [2.75, 3.05) is 37.1 Å². The first-order valence-electron chi connectivity index (χ1n) is 12.7. The summed E-state index contributed by atoms with van der Waals surface area (Å²) in [6, 6.07) is 14.2. The van der Waals surface area contributed by atoms with Crippen LogP contribution in [0.4, 0.5) is 5.69 Å². The zero-order chi connectivity index (χ0) is 25.3. The lowest BCUT2D eigenvalue weighted by Gasteiger charge is -2.35. The molecule has 7 nitrogen and oxygen atoms in total. The highest BCUT2D eigenvalue weighted by Crippen LogP contribution is 2.32. The average Bonchev–Trinajstić information content (AvgIpc) is 2.86. The van der Waals surface area contributed by atoms with Crippen LogP contribution in [0.2, 0.25) is 0 Å². The number of rotatable bonds is 12. The number of sulfonamides is 1. The van der Waals surface area contributed by atoms with Crippen molar-refractivity contribution in [1.82, 2.24) is 10.2 Å². The van der Waals surface area contributed by atoms with Crippen LogP contribution in [0.1, 0.15) is 51.5 Å². The van der Waals surface area contributed by atoms with E-state index in [4.69, 9.17) is 4.74 Å². The monoisotopic (exact) mass is 501 g/mol. The quantitative estimate of drug-likeness (QED) is 0.437. The van der Waals surface area contributed by atoms with Crippen LogP contribution in [-0.4, -0.2) is 58.1 Å². The molecule has 0 spiro atoms. The van der Waals surface area contributed by atoms with Gasteiger partial charge in [0.1, 0.15) is 12.3 Å². The van der Waals surface area contributed by atoms with Gasteiger partial charge in [-0.2, -0.15) is 0 Å². The number of likely N-dealkylation sites (tertiary alicyclic amines) is 1. The Morgan fingerprint density at radius 3 is 2.57 bits per heavy atom. The van der Waals surface area contributed by atoms with Gasteiger partial charge in [-0.05, 0) is 70.3 Å². The summed E-state index contributed by atoms with van der Waals surface area (Å²) in [5.41, 5.74) is 1.31. The van der Waals surface area contributed by atoms with Gasteiger partial charge in [-0.25, -0.2) is 8.42 Å². The molecule has 1 aliphatic rings. The highest BCUT2D eigenvalue weighted by molar-refractivity contribution is 7.92. The SMILES string of the molecule is CCOc1ccccc1N(CC(=O)NCCCN1CCCCC1CC)S(=O)(=O)c1ccc(C)cc1. The Morgan fingerprint density at radius 1 is 1.11 bits per heavy atom. The molecule has 2 aromatic carbocycles. The maximum absolute atomic E-state index is 13.6. The fraction of sp³-hybridized carbons (Fsp3) is 0.519. The molecule has 2 aromatic rings. The van der Waals surface area contributed by atoms with Gasteiger partial charge in [0, 0.05) is 19.1 Å². The van der Waals surface area contributed by atoms with E-state index in [0.29, 0.717) is 30.6 Å². The predicted molar refractivity (Wildman–Crippen MR) is 140 cm³/mol. The Hall–Kier alpha value is -2.58. The van der Waals surface area contributed by atoms with Crippen molar-refractivity contribution in [3.8, 4) is 5.75 Å². The molecular weight excluding hydrogens is 462 g/mol. The summed E-state index contributed by atoms with van der Waals surface area (Å²) >= 11 is 0. The van der Waals surface area contributed by atoms with Crippen LogP contribution in [-0.2, 0) is 14.8 Å². The van der Waals surface area contributed by atoms with E-state index < -0.39 is 10.0 Å². The second-order valence-electron chi connectivity index (χ2n) is 9.02. The smallest absolute Gasteiger partial charge is 0.264 e. The fourth-order valence-corrected chi connectivity index (χ4v) is 6.02. The summed E-state index contributed by atoms with van der Waals surface area (Å²) in [5, 5.41) is 2.93. The summed E-state index contributed by atoms with van der Waals surface area (Å²) in [5.74, 6) is 0.0897. The Balaban J connectivity index is 1.72. The molecule has 192 valence electrons. The Morgan fingerprint density at radius 2 is 1.86 bits per heavy atom. The van der Waals surface area contributed by atoms with E-state index in [1.807, 2.05) is 13.8 Å². The standard InChI is InChI=1S/C27H39N3O4S/c1-4-23-11-8-9-19-29(23)20-10-18-28-27(31)21-30(25-12-6-7-13-26(25)34-5-2)35(32,33)24-16-14-22(3)15-17-24/h6-7,12-17,23H,4-5,8-11,18-21H2,1-3H3,(H,28,31). The minimum absolute atomic E-state index is 0.137. The minimum Gasteiger partial charge on any atom is -0.492 e. The zero-order valence-corrected chi connectivity index (χ0v) is 22.0. The van der Waals surface area contributed by atoms with Crippen LogP contribution in [0.3, 0.4) is 0 Å². The van der Waals surface area contributed by atoms with E-state index in [2.05, 4.69) is 17.1 Å². The number of benzene rings is 2. The van der Waals surface area contributed by atoms with Crippen LogP contribution < -0.4 is 14.4 Å². The maximum atomic E-state index is 13.6. The van der Waals surface area contributed by atoms with Gasteiger partial charge in [-0.3, -0.25) is 9.10 Å². The first kappa shape index (κ1) is 27.0. The number of carbonyl (C=O) groups is 1. The predicted octanol–water partition coefficient (Wildman–Crippen LogP) is 4.36. The van der Waals surface area contributed by atoms with E-state index in [0.717, 1.165) is 35.8 Å². The number of para-hydroxylation sites is 2. The van der Waals surface area contributed by atoms with Crippen molar-refractivity contribution in [3.63, 3.8) is 0 Å². The number of amides is 1. The second kappa shape index (κ2) is 12.9.